The van der Waals surface area contributed by atoms with Gasteiger partial charge >= 0.3 is 0 Å². The van der Waals surface area contributed by atoms with Crippen LogP contribution in [0.5, 0.6) is 0 Å². The average Bonchev–Trinajstić information content (AvgIpc) is 2.51. The van der Waals surface area contributed by atoms with E-state index in [9.17, 15) is 4.79 Å². The molecule has 0 aliphatic carbocycles. The minimum absolute atomic E-state index is 0.243. The molecule has 0 bridgehead atoms. The monoisotopic (exact) mass is 164 g/mol. The summed E-state index contributed by atoms with van der Waals surface area (Å²) in [7, 11) is 0. The van der Waals surface area contributed by atoms with Crippen molar-refractivity contribution < 1.29 is 9.21 Å². The number of aldehydes is 1. The molecule has 1 aromatic rings. The van der Waals surface area contributed by atoms with Crippen LogP contribution in [-0.2, 0) is 4.79 Å². The Morgan fingerprint density at radius 3 is 2.75 bits per heavy atom. The molecular weight excluding hydrogens is 152 g/mol. The maximum Gasteiger partial charge on any atom is 0.146 e. The van der Waals surface area contributed by atoms with Gasteiger partial charge in [0.25, 0.3) is 0 Å². The largest absolute Gasteiger partial charge is 0.465 e. The van der Waals surface area contributed by atoms with Gasteiger partial charge in [0.2, 0.25) is 0 Å². The van der Waals surface area contributed by atoms with Gasteiger partial charge in [0, 0.05) is 0 Å². The third-order valence-electron chi connectivity index (χ3n) is 1.65. The van der Waals surface area contributed by atoms with Gasteiger partial charge in [0.15, 0.2) is 0 Å². The molecule has 64 valence electrons. The lowest BCUT2D eigenvalue weighted by molar-refractivity contribution is -0.105. The summed E-state index contributed by atoms with van der Waals surface area (Å²) in [5.41, 5.74) is 0.755. The Morgan fingerprint density at radius 2 is 2.33 bits per heavy atom. The van der Waals surface area contributed by atoms with E-state index in [1.807, 2.05) is 19.9 Å². The number of rotatable bonds is 3. The molecule has 1 aromatic heterocycles. The van der Waals surface area contributed by atoms with E-state index in [1.165, 1.54) is 0 Å². The van der Waals surface area contributed by atoms with Crippen LogP contribution in [0.4, 0.5) is 0 Å². The lowest BCUT2D eigenvalue weighted by Gasteiger charge is -2.00. The topological polar surface area (TPSA) is 30.2 Å². The van der Waals surface area contributed by atoms with E-state index in [-0.39, 0.29) is 5.92 Å². The van der Waals surface area contributed by atoms with Crippen molar-refractivity contribution >= 4 is 12.4 Å². The van der Waals surface area contributed by atoms with Crippen LogP contribution in [0, 0.1) is 5.92 Å². The SMILES string of the molecule is CC(C)/C(C=O)=C/c1ccco1. The summed E-state index contributed by atoms with van der Waals surface area (Å²) in [5.74, 6) is 0.971. The second kappa shape index (κ2) is 3.90. The van der Waals surface area contributed by atoms with Gasteiger partial charge < -0.3 is 4.42 Å². The fourth-order valence-electron chi connectivity index (χ4n) is 0.874. The molecule has 0 fully saturated rings. The summed E-state index contributed by atoms with van der Waals surface area (Å²) in [5, 5.41) is 0. The molecule has 2 nitrogen and oxygen atoms in total. The van der Waals surface area contributed by atoms with Crippen molar-refractivity contribution in [2.45, 2.75) is 13.8 Å². The Bertz CT molecular complexity index is 268. The molecule has 0 amide bonds. The molecule has 0 aliphatic rings. The van der Waals surface area contributed by atoms with Gasteiger partial charge in [-0.1, -0.05) is 13.8 Å². The molecule has 0 aliphatic heterocycles. The lowest BCUT2D eigenvalue weighted by atomic mass is 10.0. The summed E-state index contributed by atoms with van der Waals surface area (Å²) in [6.07, 6.45) is 4.22. The van der Waals surface area contributed by atoms with E-state index < -0.39 is 0 Å². The number of hydrogen-bond donors (Lipinski definition) is 0. The standard InChI is InChI=1S/C10H12O2/c1-8(2)9(7-11)6-10-4-3-5-12-10/h3-8H,1-2H3/b9-6+. The van der Waals surface area contributed by atoms with Crippen LogP contribution in [0.1, 0.15) is 19.6 Å². The van der Waals surface area contributed by atoms with Crippen molar-refractivity contribution in [1.29, 1.82) is 0 Å². The summed E-state index contributed by atoms with van der Waals surface area (Å²) in [6.45, 7) is 3.95. The summed E-state index contributed by atoms with van der Waals surface area (Å²) >= 11 is 0. The van der Waals surface area contributed by atoms with Gasteiger partial charge in [0.05, 0.1) is 6.26 Å². The molecule has 1 heterocycles. The molecule has 0 atom stereocenters. The number of carbonyl (C=O) groups excluding carboxylic acids is 1. The van der Waals surface area contributed by atoms with Crippen molar-refractivity contribution in [2.75, 3.05) is 0 Å². The molecule has 0 saturated carbocycles. The second-order valence-electron chi connectivity index (χ2n) is 2.93. The normalized spacial score (nSPS) is 12.1. The third-order valence-corrected chi connectivity index (χ3v) is 1.65. The zero-order chi connectivity index (χ0) is 8.97. The van der Waals surface area contributed by atoms with Gasteiger partial charge in [-0.25, -0.2) is 0 Å². The van der Waals surface area contributed by atoms with Crippen molar-refractivity contribution in [1.82, 2.24) is 0 Å². The fraction of sp³-hybridized carbons (Fsp3) is 0.300. The van der Waals surface area contributed by atoms with Gasteiger partial charge in [-0.3, -0.25) is 4.79 Å². The zero-order valence-electron chi connectivity index (χ0n) is 7.28. The highest BCUT2D eigenvalue weighted by Gasteiger charge is 2.01. The molecule has 0 aromatic carbocycles. The van der Waals surface area contributed by atoms with Crippen LogP contribution in [0.3, 0.4) is 0 Å². The van der Waals surface area contributed by atoms with Gasteiger partial charge in [0.1, 0.15) is 12.0 Å². The molecule has 0 N–H and O–H groups in total. The van der Waals surface area contributed by atoms with Crippen LogP contribution in [0.2, 0.25) is 0 Å². The van der Waals surface area contributed by atoms with Crippen LogP contribution in [0.15, 0.2) is 28.4 Å². The molecule has 2 heteroatoms. The highest BCUT2D eigenvalue weighted by Crippen LogP contribution is 2.12. The molecular formula is C10H12O2. The first-order chi connectivity index (χ1) is 5.74. The smallest absolute Gasteiger partial charge is 0.146 e. The van der Waals surface area contributed by atoms with E-state index in [1.54, 1.807) is 18.4 Å². The first-order valence-corrected chi connectivity index (χ1v) is 3.94. The van der Waals surface area contributed by atoms with Crippen LogP contribution < -0.4 is 0 Å². The Kier molecular flexibility index (Phi) is 2.86. The summed E-state index contributed by atoms with van der Waals surface area (Å²) < 4.78 is 5.08. The van der Waals surface area contributed by atoms with E-state index in [0.717, 1.165) is 17.6 Å². The first kappa shape index (κ1) is 8.78. The summed E-state index contributed by atoms with van der Waals surface area (Å²) in [6, 6.07) is 3.63. The van der Waals surface area contributed by atoms with E-state index in [2.05, 4.69) is 0 Å². The fourth-order valence-corrected chi connectivity index (χ4v) is 0.874. The highest BCUT2D eigenvalue weighted by molar-refractivity contribution is 5.81. The number of furan rings is 1. The van der Waals surface area contributed by atoms with Gasteiger partial charge in [-0.05, 0) is 29.7 Å². The minimum atomic E-state index is 0.243. The lowest BCUT2D eigenvalue weighted by Crippen LogP contribution is -1.94. The van der Waals surface area contributed by atoms with Crippen molar-refractivity contribution in [3.05, 3.63) is 29.7 Å². The van der Waals surface area contributed by atoms with E-state index >= 15 is 0 Å². The second-order valence-corrected chi connectivity index (χ2v) is 2.93. The van der Waals surface area contributed by atoms with Crippen LogP contribution in [0.25, 0.3) is 6.08 Å². The predicted octanol–water partition coefficient (Wildman–Crippen LogP) is 2.52. The first-order valence-electron chi connectivity index (χ1n) is 3.94. The molecule has 0 unspecified atom stereocenters. The maximum absolute atomic E-state index is 10.6. The molecule has 12 heavy (non-hydrogen) atoms. The average molecular weight is 164 g/mol. The Hall–Kier alpha value is -1.31. The van der Waals surface area contributed by atoms with Gasteiger partial charge in [-0.2, -0.15) is 0 Å². The Morgan fingerprint density at radius 1 is 1.58 bits per heavy atom. The maximum atomic E-state index is 10.6. The number of allylic oxidation sites excluding steroid dienone is 1. The van der Waals surface area contributed by atoms with Crippen LogP contribution >= 0.6 is 0 Å². The quantitative estimate of drug-likeness (QED) is 0.507. The molecule has 0 radical (unpaired) electrons. The third kappa shape index (κ3) is 2.09. The molecule has 1 rings (SSSR count). The highest BCUT2D eigenvalue weighted by atomic mass is 16.3. The van der Waals surface area contributed by atoms with Crippen molar-refractivity contribution in [2.24, 2.45) is 5.92 Å². The Labute approximate surface area is 71.9 Å². The minimum Gasteiger partial charge on any atom is -0.465 e. The van der Waals surface area contributed by atoms with Crippen molar-refractivity contribution in [3.8, 4) is 0 Å². The molecule has 0 saturated heterocycles. The van der Waals surface area contributed by atoms with Crippen molar-refractivity contribution in [3.63, 3.8) is 0 Å². The zero-order valence-corrected chi connectivity index (χ0v) is 7.28. The van der Waals surface area contributed by atoms with E-state index in [4.69, 9.17) is 4.42 Å². The van der Waals surface area contributed by atoms with Gasteiger partial charge in [-0.15, -0.1) is 0 Å². The van der Waals surface area contributed by atoms with E-state index in [0.29, 0.717) is 0 Å². The summed E-state index contributed by atoms with van der Waals surface area (Å²) in [4.78, 5) is 10.6. The number of carbonyl (C=O) groups is 1. The number of hydrogen-bond acceptors (Lipinski definition) is 2. The predicted molar refractivity (Wildman–Crippen MR) is 47.6 cm³/mol. The molecule has 0 spiro atoms. The Balaban J connectivity index is 2.85. The van der Waals surface area contributed by atoms with Crippen LogP contribution in [-0.4, -0.2) is 6.29 Å².